The largest absolute Gasteiger partial charge is 0.490 e. The number of fused-ring (bicyclic) bond motifs is 1. The highest BCUT2D eigenvalue weighted by molar-refractivity contribution is 5.80. The summed E-state index contributed by atoms with van der Waals surface area (Å²) >= 11 is 0. The first-order valence-corrected chi connectivity index (χ1v) is 11.3. The number of carbonyl (C=O) groups excluding carboxylic acids is 1. The fraction of sp³-hybridized carbons (Fsp3) is 0.636. The summed E-state index contributed by atoms with van der Waals surface area (Å²) in [5, 5.41) is 17.3. The van der Waals surface area contributed by atoms with E-state index >= 15 is 0 Å². The molecule has 3 atom stereocenters. The second kappa shape index (κ2) is 13.0. The van der Waals surface area contributed by atoms with Crippen LogP contribution >= 0.6 is 0 Å². The first kappa shape index (κ1) is 30.3. The minimum Gasteiger partial charge on any atom is -0.475 e. The fourth-order valence-electron chi connectivity index (χ4n) is 3.95. The van der Waals surface area contributed by atoms with E-state index in [9.17, 15) is 31.1 Å². The van der Waals surface area contributed by atoms with Crippen molar-refractivity contribution in [3.05, 3.63) is 30.1 Å². The highest BCUT2D eigenvalue weighted by Crippen LogP contribution is 2.35. The van der Waals surface area contributed by atoms with E-state index in [0.717, 1.165) is 39.1 Å². The number of hydrogen-bond acceptors (Lipinski definition) is 6. The average Bonchev–Trinajstić information content (AvgIpc) is 3.59. The number of nitrogens with zero attached hydrogens (tertiary/aromatic N) is 2. The first-order chi connectivity index (χ1) is 17.2. The zero-order chi connectivity index (χ0) is 27.8. The van der Waals surface area contributed by atoms with E-state index in [-0.39, 0.29) is 17.9 Å². The Hall–Kier alpha value is -2.94. The quantitative estimate of drug-likeness (QED) is 0.484. The predicted octanol–water partition coefficient (Wildman–Crippen LogP) is 2.71. The molecular formula is C22H27F6N3O6. The van der Waals surface area contributed by atoms with Gasteiger partial charge in [-0.25, -0.2) is 9.59 Å². The van der Waals surface area contributed by atoms with Crippen LogP contribution in [0.5, 0.6) is 0 Å². The molecule has 0 radical (unpaired) electrons. The molecule has 15 heteroatoms. The van der Waals surface area contributed by atoms with Crippen LogP contribution < -0.4 is 5.32 Å². The third-order valence-electron chi connectivity index (χ3n) is 5.94. The van der Waals surface area contributed by atoms with Crippen LogP contribution in [-0.4, -0.2) is 82.6 Å². The predicted molar refractivity (Wildman–Crippen MR) is 114 cm³/mol. The van der Waals surface area contributed by atoms with Gasteiger partial charge in [0.15, 0.2) is 0 Å². The Morgan fingerprint density at radius 1 is 1.00 bits per heavy atom. The summed E-state index contributed by atoms with van der Waals surface area (Å²) in [5.74, 6) is -3.79. The molecule has 4 rings (SSSR count). The van der Waals surface area contributed by atoms with Gasteiger partial charge in [0.2, 0.25) is 5.91 Å². The van der Waals surface area contributed by atoms with Gasteiger partial charge in [-0.1, -0.05) is 0 Å². The van der Waals surface area contributed by atoms with Crippen LogP contribution in [0.25, 0.3) is 0 Å². The van der Waals surface area contributed by atoms with Crippen LogP contribution in [-0.2, 0) is 25.7 Å². The summed E-state index contributed by atoms with van der Waals surface area (Å²) in [4.78, 5) is 36.2. The van der Waals surface area contributed by atoms with Crippen LogP contribution in [0.1, 0.15) is 24.8 Å². The number of alkyl halides is 6. The lowest BCUT2D eigenvalue weighted by atomic mass is 9.84. The minimum absolute atomic E-state index is 0.214. The highest BCUT2D eigenvalue weighted by Gasteiger charge is 2.41. The maximum Gasteiger partial charge on any atom is 0.490 e. The Bertz CT molecular complexity index is 886. The van der Waals surface area contributed by atoms with Gasteiger partial charge < -0.3 is 20.3 Å². The standard InChI is InChI=1S/C18H25N3O2.2C2HF3O2/c22-18(14-1-2-14)20-9-17-16-5-8-21(11-15(16)12-23-17)10-13-3-6-19-7-4-13;2*3-2(4,5)1(6)7/h3-4,6-7,14-17H,1-2,5,8-12H2,(H,20,22);2*(H,6,7)/t15-,16-,17-;;/m0../s1. The molecule has 0 spiro atoms. The molecular weight excluding hydrogens is 516 g/mol. The van der Waals surface area contributed by atoms with E-state index in [1.807, 2.05) is 12.4 Å². The lowest BCUT2D eigenvalue weighted by molar-refractivity contribution is -0.193. The number of carboxylic acid groups (broad SMARTS) is 2. The summed E-state index contributed by atoms with van der Waals surface area (Å²) < 4.78 is 69.5. The van der Waals surface area contributed by atoms with Crippen molar-refractivity contribution in [3.63, 3.8) is 0 Å². The second-order valence-electron chi connectivity index (χ2n) is 8.80. The molecule has 2 saturated heterocycles. The second-order valence-corrected chi connectivity index (χ2v) is 8.80. The Balaban J connectivity index is 0.000000286. The minimum atomic E-state index is -5.08. The molecule has 1 aromatic rings. The summed E-state index contributed by atoms with van der Waals surface area (Å²) in [7, 11) is 0. The molecule has 3 aliphatic rings. The molecule has 1 aromatic heterocycles. The van der Waals surface area contributed by atoms with Crippen LogP contribution in [0.3, 0.4) is 0 Å². The summed E-state index contributed by atoms with van der Waals surface area (Å²) in [5.41, 5.74) is 1.32. The van der Waals surface area contributed by atoms with E-state index < -0.39 is 24.3 Å². The monoisotopic (exact) mass is 543 g/mol. The van der Waals surface area contributed by atoms with Gasteiger partial charge in [0.1, 0.15) is 0 Å². The molecule has 1 amide bonds. The number of nitrogens with one attached hydrogen (secondary N) is 1. The number of likely N-dealkylation sites (tertiary alicyclic amines) is 1. The fourth-order valence-corrected chi connectivity index (χ4v) is 3.95. The molecule has 37 heavy (non-hydrogen) atoms. The lowest BCUT2D eigenvalue weighted by Gasteiger charge is -2.35. The first-order valence-electron chi connectivity index (χ1n) is 11.3. The number of carbonyl (C=O) groups is 3. The normalized spacial score (nSPS) is 23.5. The smallest absolute Gasteiger partial charge is 0.475 e. The lowest BCUT2D eigenvalue weighted by Crippen LogP contribution is -2.43. The van der Waals surface area contributed by atoms with Gasteiger partial charge in [0.25, 0.3) is 0 Å². The van der Waals surface area contributed by atoms with E-state index in [0.29, 0.717) is 18.4 Å². The van der Waals surface area contributed by atoms with Crippen molar-refractivity contribution in [3.8, 4) is 0 Å². The average molecular weight is 543 g/mol. The topological polar surface area (TPSA) is 129 Å². The number of aliphatic carboxylic acids is 2. The molecule has 0 bridgehead atoms. The Labute approximate surface area is 207 Å². The molecule has 3 fully saturated rings. The number of amides is 1. The summed E-state index contributed by atoms with van der Waals surface area (Å²) in [6.45, 7) is 4.73. The van der Waals surface area contributed by atoms with Gasteiger partial charge in [0, 0.05) is 43.9 Å². The highest BCUT2D eigenvalue weighted by atomic mass is 19.4. The Morgan fingerprint density at radius 2 is 1.54 bits per heavy atom. The van der Waals surface area contributed by atoms with E-state index in [1.165, 1.54) is 12.0 Å². The molecule has 3 heterocycles. The van der Waals surface area contributed by atoms with Crippen molar-refractivity contribution in [2.45, 2.75) is 44.3 Å². The third-order valence-corrected chi connectivity index (χ3v) is 5.94. The van der Waals surface area contributed by atoms with Crippen molar-refractivity contribution in [1.29, 1.82) is 0 Å². The molecule has 208 valence electrons. The maximum absolute atomic E-state index is 11.8. The van der Waals surface area contributed by atoms with Crippen molar-refractivity contribution in [2.75, 3.05) is 26.2 Å². The number of halogens is 6. The number of piperidine rings is 1. The summed E-state index contributed by atoms with van der Waals surface area (Å²) in [6.07, 6.45) is -2.94. The van der Waals surface area contributed by atoms with Crippen molar-refractivity contribution in [1.82, 2.24) is 15.2 Å². The van der Waals surface area contributed by atoms with Gasteiger partial charge in [-0.15, -0.1) is 0 Å². The van der Waals surface area contributed by atoms with E-state index in [4.69, 9.17) is 24.5 Å². The van der Waals surface area contributed by atoms with Gasteiger partial charge >= 0.3 is 24.3 Å². The Morgan fingerprint density at radius 3 is 2.03 bits per heavy atom. The van der Waals surface area contributed by atoms with Crippen LogP contribution in [0.15, 0.2) is 24.5 Å². The van der Waals surface area contributed by atoms with Crippen LogP contribution in [0.2, 0.25) is 0 Å². The van der Waals surface area contributed by atoms with Crippen LogP contribution in [0, 0.1) is 17.8 Å². The van der Waals surface area contributed by atoms with Crippen molar-refractivity contribution >= 4 is 17.8 Å². The molecule has 1 aliphatic carbocycles. The summed E-state index contributed by atoms with van der Waals surface area (Å²) in [6, 6.07) is 4.18. The van der Waals surface area contributed by atoms with Gasteiger partial charge in [-0.05, 0) is 49.4 Å². The Kier molecular flexibility index (Phi) is 10.7. The van der Waals surface area contributed by atoms with Crippen molar-refractivity contribution < 1.29 is 55.7 Å². The van der Waals surface area contributed by atoms with Crippen molar-refractivity contribution in [2.24, 2.45) is 17.8 Å². The van der Waals surface area contributed by atoms with E-state index in [1.54, 1.807) is 0 Å². The molecule has 0 unspecified atom stereocenters. The molecule has 1 saturated carbocycles. The van der Waals surface area contributed by atoms with Gasteiger partial charge in [-0.2, -0.15) is 26.3 Å². The third kappa shape index (κ3) is 10.5. The zero-order valence-corrected chi connectivity index (χ0v) is 19.5. The number of aromatic nitrogens is 1. The molecule has 2 aliphatic heterocycles. The molecule has 0 aromatic carbocycles. The number of ether oxygens (including phenoxy) is 1. The zero-order valence-electron chi connectivity index (χ0n) is 19.5. The number of hydrogen-bond donors (Lipinski definition) is 3. The SMILES string of the molecule is O=C(NC[C@@H]1OC[C@@H]2CN(Cc3ccncc3)CC[C@@H]21)C1CC1.O=C(O)C(F)(F)F.O=C(O)C(F)(F)F. The number of carboxylic acids is 2. The molecule has 3 N–H and O–H groups in total. The maximum atomic E-state index is 11.8. The van der Waals surface area contributed by atoms with Crippen LogP contribution in [0.4, 0.5) is 26.3 Å². The molecule has 9 nitrogen and oxygen atoms in total. The number of pyridine rings is 1. The van der Waals surface area contributed by atoms with Gasteiger partial charge in [0.05, 0.1) is 12.7 Å². The van der Waals surface area contributed by atoms with E-state index in [2.05, 4.69) is 27.3 Å². The number of rotatable bonds is 5. The van der Waals surface area contributed by atoms with Gasteiger partial charge in [-0.3, -0.25) is 14.7 Å².